The molecule has 0 unspecified atom stereocenters. The van der Waals surface area contributed by atoms with E-state index in [1.807, 2.05) is 12.1 Å². The van der Waals surface area contributed by atoms with Gasteiger partial charge in [0.05, 0.1) is 16.4 Å². The second kappa shape index (κ2) is 8.73. The maximum atomic E-state index is 12.8. The lowest BCUT2D eigenvalue weighted by molar-refractivity contribution is -0.121. The van der Waals surface area contributed by atoms with Gasteiger partial charge in [0.25, 0.3) is 0 Å². The number of imide groups is 1. The zero-order chi connectivity index (χ0) is 19.4. The topological polar surface area (TPSA) is 85.6 Å². The van der Waals surface area contributed by atoms with Gasteiger partial charge in [-0.1, -0.05) is 35.5 Å². The monoisotopic (exact) mass is 510 g/mol. The van der Waals surface area contributed by atoms with E-state index in [-0.39, 0.29) is 23.4 Å². The van der Waals surface area contributed by atoms with Crippen molar-refractivity contribution < 1.29 is 9.59 Å². The van der Waals surface area contributed by atoms with E-state index in [2.05, 4.69) is 32.9 Å². The van der Waals surface area contributed by atoms with Gasteiger partial charge >= 0.3 is 0 Å². The summed E-state index contributed by atoms with van der Waals surface area (Å²) in [6.45, 7) is 0. The number of nitriles is 1. The van der Waals surface area contributed by atoms with Crippen LogP contribution < -0.4 is 10.2 Å². The first-order valence-corrected chi connectivity index (χ1v) is 10.1. The number of amidine groups is 1. The van der Waals surface area contributed by atoms with Crippen LogP contribution in [0.5, 0.6) is 0 Å². The summed E-state index contributed by atoms with van der Waals surface area (Å²) in [5.74, 6) is -0.620. The molecule has 0 spiro atoms. The van der Waals surface area contributed by atoms with Crippen LogP contribution in [-0.4, -0.2) is 22.2 Å². The average molecular weight is 511 g/mol. The van der Waals surface area contributed by atoms with Crippen molar-refractivity contribution in [3.05, 3.63) is 57.1 Å². The lowest BCUT2D eigenvalue weighted by Crippen LogP contribution is -2.32. The third-order valence-corrected chi connectivity index (χ3v) is 5.79. The summed E-state index contributed by atoms with van der Waals surface area (Å²) in [6.07, 6.45) is 1.83. The second-order valence-electron chi connectivity index (χ2n) is 5.46. The van der Waals surface area contributed by atoms with Crippen LogP contribution in [0.4, 0.5) is 11.4 Å². The zero-order valence-electron chi connectivity index (χ0n) is 13.7. The highest BCUT2D eigenvalue weighted by Crippen LogP contribution is 2.32. The summed E-state index contributed by atoms with van der Waals surface area (Å²) in [5.41, 5.74) is 1.00. The van der Waals surface area contributed by atoms with Crippen LogP contribution in [0.25, 0.3) is 0 Å². The van der Waals surface area contributed by atoms with Crippen molar-refractivity contribution in [2.75, 3.05) is 4.90 Å². The number of carbonyl (C=O) groups excluding carboxylic acids is 2. The highest BCUT2D eigenvalue weighted by molar-refractivity contribution is 14.1. The molecule has 0 aromatic heterocycles. The molecule has 1 aliphatic heterocycles. The van der Waals surface area contributed by atoms with Gasteiger partial charge in [0.15, 0.2) is 11.4 Å². The van der Waals surface area contributed by atoms with Gasteiger partial charge in [-0.3, -0.25) is 14.9 Å². The molecule has 1 heterocycles. The van der Waals surface area contributed by atoms with Gasteiger partial charge in [-0.15, -0.1) is 0 Å². The van der Waals surface area contributed by atoms with Crippen molar-refractivity contribution in [1.82, 2.24) is 5.32 Å². The van der Waals surface area contributed by atoms with Crippen LogP contribution in [0.15, 0.2) is 53.5 Å². The molecule has 2 amide bonds. The van der Waals surface area contributed by atoms with Crippen molar-refractivity contribution in [2.45, 2.75) is 11.7 Å². The van der Waals surface area contributed by atoms with Crippen LogP contribution in [0, 0.1) is 15.0 Å². The molecule has 1 saturated heterocycles. The molecule has 136 valence electrons. The van der Waals surface area contributed by atoms with Gasteiger partial charge in [-0.2, -0.15) is 5.26 Å². The van der Waals surface area contributed by atoms with Crippen LogP contribution in [0.1, 0.15) is 6.42 Å². The van der Waals surface area contributed by atoms with Crippen molar-refractivity contribution in [3.63, 3.8) is 0 Å². The average Bonchev–Trinajstić information content (AvgIpc) is 2.92. The first-order chi connectivity index (χ1) is 13.0. The van der Waals surface area contributed by atoms with Crippen molar-refractivity contribution in [1.29, 1.82) is 5.26 Å². The summed E-state index contributed by atoms with van der Waals surface area (Å²) < 4.78 is 1.01. The molecule has 2 aromatic rings. The van der Waals surface area contributed by atoms with E-state index in [4.69, 9.17) is 16.9 Å². The number of hydrogen-bond donors (Lipinski definition) is 1. The molecule has 2 aromatic carbocycles. The predicted molar refractivity (Wildman–Crippen MR) is 115 cm³/mol. The number of benzene rings is 2. The Morgan fingerprint density at radius 1 is 1.26 bits per heavy atom. The van der Waals surface area contributed by atoms with Crippen molar-refractivity contribution in [3.8, 4) is 6.19 Å². The summed E-state index contributed by atoms with van der Waals surface area (Å²) in [6, 6.07) is 14.0. The van der Waals surface area contributed by atoms with Crippen LogP contribution in [0.2, 0.25) is 5.02 Å². The van der Waals surface area contributed by atoms with Gasteiger partial charge in [0.1, 0.15) is 5.25 Å². The van der Waals surface area contributed by atoms with Crippen LogP contribution in [-0.2, 0) is 9.59 Å². The number of halogens is 2. The second-order valence-corrected chi connectivity index (χ2v) is 8.30. The summed E-state index contributed by atoms with van der Waals surface area (Å²) in [4.78, 5) is 30.6. The largest absolute Gasteiger partial charge is 0.274 e. The number of hydrogen-bond acceptors (Lipinski definition) is 5. The molecule has 9 heteroatoms. The number of anilines is 1. The van der Waals surface area contributed by atoms with E-state index in [9.17, 15) is 9.59 Å². The third-order valence-electron chi connectivity index (χ3n) is 3.68. The number of carbonyl (C=O) groups is 2. The number of thioether (sulfide) groups is 1. The van der Waals surface area contributed by atoms with Gasteiger partial charge < -0.3 is 0 Å². The normalized spacial score (nSPS) is 17.1. The molecule has 1 N–H and O–H groups in total. The fourth-order valence-corrected chi connectivity index (χ4v) is 3.97. The highest BCUT2D eigenvalue weighted by Gasteiger charge is 2.40. The molecule has 3 rings (SSSR count). The van der Waals surface area contributed by atoms with Crippen LogP contribution in [0.3, 0.4) is 0 Å². The molecular weight excluding hydrogens is 499 g/mol. The van der Waals surface area contributed by atoms with Crippen molar-refractivity contribution in [2.24, 2.45) is 4.99 Å². The molecule has 1 atom stereocenters. The number of amides is 2. The molecule has 1 aliphatic rings. The Morgan fingerprint density at radius 3 is 2.63 bits per heavy atom. The minimum Gasteiger partial charge on any atom is -0.274 e. The minimum absolute atomic E-state index is 0.0319. The number of nitrogens with one attached hydrogen (secondary N) is 1. The maximum Gasteiger partial charge on any atom is 0.247 e. The summed E-state index contributed by atoms with van der Waals surface area (Å²) in [5, 5.41) is 11.4. The number of aliphatic imine (C=N–C) groups is 1. The van der Waals surface area contributed by atoms with Gasteiger partial charge in [0.2, 0.25) is 11.8 Å². The van der Waals surface area contributed by atoms with Gasteiger partial charge in [0, 0.05) is 9.99 Å². The molecule has 1 fully saturated rings. The maximum absolute atomic E-state index is 12.8. The Balaban J connectivity index is 1.82. The van der Waals surface area contributed by atoms with E-state index in [0.717, 1.165) is 15.3 Å². The molecule has 0 saturated carbocycles. The SMILES string of the molecule is N#CNC(=Nc1ccccc1Cl)S[C@H]1CC(=O)N(c2ccc(I)cc2)C1=O. The predicted octanol–water partition coefficient (Wildman–Crippen LogP) is 4.07. The Kier molecular flexibility index (Phi) is 6.36. The molecule has 27 heavy (non-hydrogen) atoms. The standard InChI is InChI=1S/C18H12ClIN4O2S/c19-13-3-1-2-4-14(13)23-18(22-10-21)27-15-9-16(25)24(17(15)26)12-7-5-11(20)6-8-12/h1-8,15H,9H2,(H,22,23)/t15-/m0/s1. The molecular formula is C18H12ClIN4O2S. The summed E-state index contributed by atoms with van der Waals surface area (Å²) in [7, 11) is 0. The highest BCUT2D eigenvalue weighted by atomic mass is 127. The first kappa shape index (κ1) is 19.7. The smallest absolute Gasteiger partial charge is 0.247 e. The Bertz CT molecular complexity index is 959. The number of rotatable bonds is 3. The fourth-order valence-electron chi connectivity index (χ4n) is 2.48. The van der Waals surface area contributed by atoms with Crippen LogP contribution >= 0.6 is 46.0 Å². The quantitative estimate of drug-likeness (QED) is 0.168. The molecule has 0 bridgehead atoms. The first-order valence-electron chi connectivity index (χ1n) is 7.77. The lowest BCUT2D eigenvalue weighted by atomic mass is 10.3. The molecule has 0 radical (unpaired) electrons. The number of para-hydroxylation sites is 1. The van der Waals surface area contributed by atoms with E-state index < -0.39 is 5.25 Å². The Labute approximate surface area is 178 Å². The van der Waals surface area contributed by atoms with E-state index in [1.54, 1.807) is 42.6 Å². The third kappa shape index (κ3) is 4.61. The minimum atomic E-state index is -0.668. The Hall–Kier alpha value is -2.09. The Morgan fingerprint density at radius 2 is 1.96 bits per heavy atom. The van der Waals surface area contributed by atoms with E-state index in [0.29, 0.717) is 16.4 Å². The van der Waals surface area contributed by atoms with Gasteiger partial charge in [-0.25, -0.2) is 9.89 Å². The zero-order valence-corrected chi connectivity index (χ0v) is 17.5. The molecule has 6 nitrogen and oxygen atoms in total. The van der Waals surface area contributed by atoms with E-state index in [1.165, 1.54) is 4.90 Å². The van der Waals surface area contributed by atoms with Gasteiger partial charge in [-0.05, 0) is 59.0 Å². The fraction of sp³-hybridized carbons (Fsp3) is 0.111. The van der Waals surface area contributed by atoms with Crippen molar-refractivity contribution >= 4 is 74.3 Å². The molecule has 0 aliphatic carbocycles. The summed E-state index contributed by atoms with van der Waals surface area (Å²) >= 11 is 9.29. The number of nitrogens with zero attached hydrogens (tertiary/aromatic N) is 3. The van der Waals surface area contributed by atoms with E-state index >= 15 is 0 Å². The lowest BCUT2D eigenvalue weighted by Gasteiger charge is -2.15.